The Balaban J connectivity index is 2.20. The van der Waals surface area contributed by atoms with Gasteiger partial charge in [-0.15, -0.1) is 0 Å². The van der Waals surface area contributed by atoms with Crippen LogP contribution in [0.3, 0.4) is 0 Å². The zero-order valence-corrected chi connectivity index (χ0v) is 12.0. The molecule has 0 aliphatic heterocycles. The first-order chi connectivity index (χ1) is 9.70. The van der Waals surface area contributed by atoms with Crippen LogP contribution in [0.15, 0.2) is 54.6 Å². The van der Waals surface area contributed by atoms with E-state index >= 15 is 0 Å². The second kappa shape index (κ2) is 7.29. The van der Waals surface area contributed by atoms with Crippen LogP contribution in [0, 0.1) is 0 Å². The van der Waals surface area contributed by atoms with Crippen molar-refractivity contribution in [1.82, 2.24) is 5.32 Å². The van der Waals surface area contributed by atoms with E-state index in [1.54, 1.807) is 31.3 Å². The zero-order chi connectivity index (χ0) is 14.4. The van der Waals surface area contributed by atoms with E-state index in [-0.39, 0.29) is 0 Å². The molecule has 2 aromatic rings. The van der Waals surface area contributed by atoms with Crippen molar-refractivity contribution in [3.05, 3.63) is 65.2 Å². The van der Waals surface area contributed by atoms with Gasteiger partial charge in [-0.2, -0.15) is 0 Å². The average molecular weight is 292 g/mol. The van der Waals surface area contributed by atoms with E-state index in [1.165, 1.54) is 0 Å². The molecule has 3 nitrogen and oxygen atoms in total. The first kappa shape index (κ1) is 14.9. The lowest BCUT2D eigenvalue weighted by Gasteiger charge is -2.24. The third kappa shape index (κ3) is 3.97. The summed E-state index contributed by atoms with van der Waals surface area (Å²) in [5.41, 5.74) is 0.935. The molecule has 0 aliphatic rings. The molecule has 0 amide bonds. The fourth-order valence-electron chi connectivity index (χ4n) is 1.99. The summed E-state index contributed by atoms with van der Waals surface area (Å²) >= 11 is 5.86. The molecule has 0 radical (unpaired) electrons. The van der Waals surface area contributed by atoms with Crippen LogP contribution in [0.2, 0.25) is 5.02 Å². The van der Waals surface area contributed by atoms with Crippen LogP contribution >= 0.6 is 11.6 Å². The number of likely N-dealkylation sites (N-methyl/N-ethyl adjacent to an activating group) is 1. The second-order valence-corrected chi connectivity index (χ2v) is 4.96. The predicted octanol–water partition coefficient (Wildman–Crippen LogP) is 3.04. The van der Waals surface area contributed by atoms with Crippen LogP contribution in [0.5, 0.6) is 5.75 Å². The summed E-state index contributed by atoms with van der Waals surface area (Å²) in [6.07, 6.45) is -1.07. The minimum absolute atomic E-state index is 0.426. The second-order valence-electron chi connectivity index (χ2n) is 4.53. The van der Waals surface area contributed by atoms with Gasteiger partial charge >= 0.3 is 0 Å². The Morgan fingerprint density at radius 2 is 1.75 bits per heavy atom. The third-order valence-electron chi connectivity index (χ3n) is 2.97. The van der Waals surface area contributed by atoms with Crippen LogP contribution in [-0.4, -0.2) is 24.8 Å². The quantitative estimate of drug-likeness (QED) is 0.859. The fraction of sp³-hybridized carbons (Fsp3) is 0.250. The lowest BCUT2D eigenvalue weighted by atomic mass is 10.0. The largest absolute Gasteiger partial charge is 0.483 e. The number of halogens is 1. The summed E-state index contributed by atoms with van der Waals surface area (Å²) in [5.74, 6) is 0.679. The molecule has 2 aromatic carbocycles. The van der Waals surface area contributed by atoms with E-state index in [4.69, 9.17) is 16.3 Å². The van der Waals surface area contributed by atoms with E-state index < -0.39 is 12.2 Å². The first-order valence-electron chi connectivity index (χ1n) is 6.50. The predicted molar refractivity (Wildman–Crippen MR) is 81.2 cm³/mol. The van der Waals surface area contributed by atoms with E-state index in [9.17, 15) is 5.11 Å². The number of hydrogen-bond acceptors (Lipinski definition) is 3. The molecule has 106 valence electrons. The van der Waals surface area contributed by atoms with Crippen molar-refractivity contribution in [1.29, 1.82) is 0 Å². The van der Waals surface area contributed by atoms with E-state index in [1.807, 2.05) is 30.3 Å². The van der Waals surface area contributed by atoms with Gasteiger partial charge in [0.1, 0.15) is 11.9 Å². The molecule has 20 heavy (non-hydrogen) atoms. The Labute approximate surface area is 124 Å². The Bertz CT molecular complexity index is 516. The van der Waals surface area contributed by atoms with Crippen molar-refractivity contribution in [2.45, 2.75) is 12.2 Å². The summed E-state index contributed by atoms with van der Waals surface area (Å²) in [5, 5.41) is 13.9. The maximum atomic E-state index is 10.3. The van der Waals surface area contributed by atoms with E-state index in [0.717, 1.165) is 5.56 Å². The van der Waals surface area contributed by atoms with Gasteiger partial charge in [0.15, 0.2) is 6.10 Å². The standard InChI is InChI=1S/C16H18ClNO2/c1-18-11-15(19)16(12-5-3-2-4-6-12)20-14-9-7-13(17)8-10-14/h2-10,15-16,18-19H,11H2,1H3. The molecular formula is C16H18ClNO2. The van der Waals surface area contributed by atoms with E-state index in [0.29, 0.717) is 17.3 Å². The number of benzene rings is 2. The summed E-state index contributed by atoms with van der Waals surface area (Å²) in [4.78, 5) is 0. The molecule has 0 fully saturated rings. The van der Waals surface area contributed by atoms with Gasteiger partial charge in [0.05, 0.1) is 0 Å². The van der Waals surface area contributed by atoms with Gasteiger partial charge < -0.3 is 15.2 Å². The highest BCUT2D eigenvalue weighted by Gasteiger charge is 2.22. The van der Waals surface area contributed by atoms with Gasteiger partial charge in [0.2, 0.25) is 0 Å². The first-order valence-corrected chi connectivity index (χ1v) is 6.88. The van der Waals surface area contributed by atoms with Crippen molar-refractivity contribution in [2.24, 2.45) is 0 Å². The number of ether oxygens (including phenoxy) is 1. The minimum Gasteiger partial charge on any atom is -0.483 e. The molecule has 2 N–H and O–H groups in total. The summed E-state index contributed by atoms with van der Waals surface area (Å²) < 4.78 is 5.92. The van der Waals surface area contributed by atoms with Crippen LogP contribution in [-0.2, 0) is 0 Å². The Kier molecular flexibility index (Phi) is 5.41. The maximum Gasteiger partial charge on any atom is 0.151 e. The fourth-order valence-corrected chi connectivity index (χ4v) is 2.11. The third-order valence-corrected chi connectivity index (χ3v) is 3.22. The highest BCUT2D eigenvalue weighted by molar-refractivity contribution is 6.30. The van der Waals surface area contributed by atoms with Crippen LogP contribution in [0.25, 0.3) is 0 Å². The SMILES string of the molecule is CNCC(O)C(Oc1ccc(Cl)cc1)c1ccccc1. The van der Waals surface area contributed by atoms with E-state index in [2.05, 4.69) is 5.32 Å². The molecule has 0 spiro atoms. The number of rotatable bonds is 6. The summed E-state index contributed by atoms with van der Waals surface area (Å²) in [7, 11) is 1.80. The van der Waals surface area contributed by atoms with Crippen molar-refractivity contribution in [2.75, 3.05) is 13.6 Å². The Morgan fingerprint density at radius 3 is 2.35 bits per heavy atom. The molecule has 2 atom stereocenters. The molecule has 0 aliphatic carbocycles. The van der Waals surface area contributed by atoms with Crippen molar-refractivity contribution in [3.8, 4) is 5.75 Å². The monoisotopic (exact) mass is 291 g/mol. The molecule has 2 unspecified atom stereocenters. The normalized spacial score (nSPS) is 13.8. The van der Waals surface area contributed by atoms with Crippen LogP contribution in [0.4, 0.5) is 0 Å². The zero-order valence-electron chi connectivity index (χ0n) is 11.3. The molecule has 0 heterocycles. The molecule has 2 rings (SSSR count). The Hall–Kier alpha value is -1.55. The van der Waals surface area contributed by atoms with Gasteiger partial charge in [-0.25, -0.2) is 0 Å². The summed E-state index contributed by atoms with van der Waals surface area (Å²) in [6.45, 7) is 0.452. The van der Waals surface area contributed by atoms with Crippen molar-refractivity contribution < 1.29 is 9.84 Å². The minimum atomic E-state index is -0.641. The highest BCUT2D eigenvalue weighted by atomic mass is 35.5. The molecule has 0 saturated heterocycles. The number of aliphatic hydroxyl groups excluding tert-OH is 1. The lowest BCUT2D eigenvalue weighted by molar-refractivity contribution is 0.0369. The molecular weight excluding hydrogens is 274 g/mol. The molecule has 0 aromatic heterocycles. The van der Waals surface area contributed by atoms with Crippen LogP contribution < -0.4 is 10.1 Å². The van der Waals surface area contributed by atoms with Gasteiger partial charge in [0.25, 0.3) is 0 Å². The molecule has 4 heteroatoms. The average Bonchev–Trinajstić information content (AvgIpc) is 2.48. The number of aliphatic hydroxyl groups is 1. The van der Waals surface area contributed by atoms with Gasteiger partial charge in [-0.3, -0.25) is 0 Å². The van der Waals surface area contributed by atoms with Crippen LogP contribution in [0.1, 0.15) is 11.7 Å². The Morgan fingerprint density at radius 1 is 1.10 bits per heavy atom. The van der Waals surface area contributed by atoms with Gasteiger partial charge in [-0.05, 0) is 36.9 Å². The highest BCUT2D eigenvalue weighted by Crippen LogP contribution is 2.26. The van der Waals surface area contributed by atoms with Gasteiger partial charge in [0, 0.05) is 11.6 Å². The topological polar surface area (TPSA) is 41.5 Å². The number of hydrogen-bond donors (Lipinski definition) is 2. The van der Waals surface area contributed by atoms with Crippen molar-refractivity contribution in [3.63, 3.8) is 0 Å². The van der Waals surface area contributed by atoms with Gasteiger partial charge in [-0.1, -0.05) is 41.9 Å². The maximum absolute atomic E-state index is 10.3. The lowest BCUT2D eigenvalue weighted by Crippen LogP contribution is -2.32. The molecule has 0 saturated carbocycles. The number of nitrogens with one attached hydrogen (secondary N) is 1. The molecule has 0 bridgehead atoms. The smallest absolute Gasteiger partial charge is 0.151 e. The van der Waals surface area contributed by atoms with Crippen molar-refractivity contribution >= 4 is 11.6 Å². The summed E-state index contributed by atoms with van der Waals surface area (Å²) in [6, 6.07) is 16.8.